The Balaban J connectivity index is 2.98. The van der Waals surface area contributed by atoms with Gasteiger partial charge in [0.25, 0.3) is 0 Å². The van der Waals surface area contributed by atoms with E-state index in [0.717, 1.165) is 5.57 Å². The Hall–Kier alpha value is -0.180. The van der Waals surface area contributed by atoms with Gasteiger partial charge in [0.05, 0.1) is 0 Å². The summed E-state index contributed by atoms with van der Waals surface area (Å²) in [6.45, 7) is 1.88. The van der Waals surface area contributed by atoms with Gasteiger partial charge in [-0.1, -0.05) is 23.2 Å². The molecule has 0 aromatic carbocycles. The fourth-order valence-electron chi connectivity index (χ4n) is 0.686. The molecule has 2 nitrogen and oxygen atoms in total. The molecule has 0 saturated heterocycles. The highest BCUT2D eigenvalue weighted by Gasteiger charge is 2.04. The summed E-state index contributed by atoms with van der Waals surface area (Å²) in [5.74, 6) is 0. The zero-order valence-electron chi connectivity index (χ0n) is 6.37. The third kappa shape index (κ3) is 2.70. The number of allylic oxidation sites excluding steroid dienone is 2. The molecule has 1 N–H and O–H groups in total. The molecule has 0 aliphatic carbocycles. The third-order valence-electron chi connectivity index (χ3n) is 1.36. The number of hydrogen-bond acceptors (Lipinski definition) is 2. The number of aliphatic imine (C=N–C) groups is 1. The average Bonchev–Trinajstić information content (AvgIpc) is 1.98. The highest BCUT2D eigenvalue weighted by molar-refractivity contribution is 6.65. The summed E-state index contributed by atoms with van der Waals surface area (Å²) in [6.07, 6.45) is 2.47. The molecule has 5 heteroatoms. The zero-order valence-corrected chi connectivity index (χ0v) is 8.63. The van der Waals surface area contributed by atoms with Crippen LogP contribution in [0, 0.1) is 0 Å². The second kappa shape index (κ2) is 4.17. The van der Waals surface area contributed by atoms with Crippen molar-refractivity contribution in [2.24, 2.45) is 4.99 Å². The van der Waals surface area contributed by atoms with Gasteiger partial charge in [0, 0.05) is 0 Å². The molecule has 0 saturated carbocycles. The second-order valence-corrected chi connectivity index (χ2v) is 3.48. The van der Waals surface area contributed by atoms with E-state index < -0.39 is 0 Å². The van der Waals surface area contributed by atoms with Gasteiger partial charge in [0.1, 0.15) is 10.3 Å². The van der Waals surface area contributed by atoms with E-state index in [4.69, 9.17) is 34.8 Å². The first-order chi connectivity index (χ1) is 5.59. The summed E-state index contributed by atoms with van der Waals surface area (Å²) in [5.41, 5.74) is 0.939. The lowest BCUT2D eigenvalue weighted by molar-refractivity contribution is 1.11. The molecule has 12 heavy (non-hydrogen) atoms. The molecule has 0 amide bonds. The standard InChI is InChI=1S/C7H7Cl3N2/c1-4-2-3-5(8)11-7(10)12-6(4)9/h3H,2H2,1H3,(H,11,12)/b5-3+,6-4?. The number of nitrogens with zero attached hydrogens (tertiary/aromatic N) is 1. The Bertz CT molecular complexity index is 278. The summed E-state index contributed by atoms with van der Waals surface area (Å²) in [4.78, 5) is 3.86. The summed E-state index contributed by atoms with van der Waals surface area (Å²) in [6, 6.07) is 0. The van der Waals surface area contributed by atoms with E-state index in [-0.39, 0.29) is 5.29 Å². The van der Waals surface area contributed by atoms with Gasteiger partial charge in [-0.3, -0.25) is 0 Å². The van der Waals surface area contributed by atoms with Crippen LogP contribution < -0.4 is 5.32 Å². The van der Waals surface area contributed by atoms with Crippen molar-refractivity contribution in [2.45, 2.75) is 13.3 Å². The van der Waals surface area contributed by atoms with Crippen molar-refractivity contribution in [2.75, 3.05) is 0 Å². The molecular formula is C7H7Cl3N2. The van der Waals surface area contributed by atoms with Crippen molar-refractivity contribution >= 4 is 40.1 Å². The molecule has 0 radical (unpaired) electrons. The first-order valence-electron chi connectivity index (χ1n) is 3.31. The van der Waals surface area contributed by atoms with Gasteiger partial charge in [0.15, 0.2) is 0 Å². The molecular weight excluding hydrogens is 218 g/mol. The van der Waals surface area contributed by atoms with E-state index >= 15 is 0 Å². The van der Waals surface area contributed by atoms with Crippen LogP contribution in [0.4, 0.5) is 0 Å². The monoisotopic (exact) mass is 224 g/mol. The molecule has 66 valence electrons. The van der Waals surface area contributed by atoms with E-state index in [9.17, 15) is 0 Å². The van der Waals surface area contributed by atoms with Crippen LogP contribution in [0.25, 0.3) is 0 Å². The first kappa shape index (κ1) is 9.90. The topological polar surface area (TPSA) is 24.4 Å². The average molecular weight is 226 g/mol. The maximum Gasteiger partial charge on any atom is 0.202 e. The lowest BCUT2D eigenvalue weighted by Gasteiger charge is -2.07. The molecule has 1 heterocycles. The van der Waals surface area contributed by atoms with Gasteiger partial charge in [0.2, 0.25) is 5.29 Å². The molecule has 1 rings (SSSR count). The Labute approximate surface area is 85.9 Å². The Morgan fingerprint density at radius 1 is 1.42 bits per heavy atom. The van der Waals surface area contributed by atoms with Gasteiger partial charge < -0.3 is 5.32 Å². The van der Waals surface area contributed by atoms with Crippen LogP contribution in [0.15, 0.2) is 27.0 Å². The smallest absolute Gasteiger partial charge is 0.202 e. The van der Waals surface area contributed by atoms with Gasteiger partial charge in [-0.2, -0.15) is 0 Å². The molecule has 0 aromatic heterocycles. The van der Waals surface area contributed by atoms with Crippen molar-refractivity contribution < 1.29 is 0 Å². The van der Waals surface area contributed by atoms with Gasteiger partial charge in [-0.05, 0) is 36.6 Å². The highest BCUT2D eigenvalue weighted by atomic mass is 35.5. The number of nitrogens with one attached hydrogen (secondary N) is 1. The number of rotatable bonds is 0. The van der Waals surface area contributed by atoms with Crippen molar-refractivity contribution in [1.82, 2.24) is 5.32 Å². The number of hydrogen-bond donors (Lipinski definition) is 1. The molecule has 0 bridgehead atoms. The van der Waals surface area contributed by atoms with Crippen LogP contribution >= 0.6 is 34.8 Å². The van der Waals surface area contributed by atoms with E-state index in [1.165, 1.54) is 0 Å². The van der Waals surface area contributed by atoms with Crippen LogP contribution in [0.3, 0.4) is 0 Å². The first-order valence-corrected chi connectivity index (χ1v) is 4.45. The molecule has 1 aliphatic rings. The predicted octanol–water partition coefficient (Wildman–Crippen LogP) is 3.13. The van der Waals surface area contributed by atoms with Crippen molar-refractivity contribution in [3.8, 4) is 0 Å². The fraction of sp³-hybridized carbons (Fsp3) is 0.286. The minimum atomic E-state index is 0.181. The zero-order chi connectivity index (χ0) is 9.14. The van der Waals surface area contributed by atoms with Gasteiger partial charge in [-0.15, -0.1) is 0 Å². The van der Waals surface area contributed by atoms with Crippen LogP contribution in [-0.2, 0) is 0 Å². The van der Waals surface area contributed by atoms with E-state index in [1.807, 2.05) is 6.92 Å². The predicted molar refractivity (Wildman–Crippen MR) is 53.5 cm³/mol. The Morgan fingerprint density at radius 2 is 2.08 bits per heavy atom. The van der Waals surface area contributed by atoms with Crippen LogP contribution in [0.1, 0.15) is 13.3 Å². The lowest BCUT2D eigenvalue weighted by atomic mass is 10.2. The minimum Gasteiger partial charge on any atom is -0.321 e. The normalized spacial score (nSPS) is 23.3. The van der Waals surface area contributed by atoms with E-state index in [1.54, 1.807) is 6.08 Å². The SMILES string of the molecule is CC1=C(Cl)N=C(Cl)N/C(Cl)=C/C1. The van der Waals surface area contributed by atoms with Crippen LogP contribution in [0.5, 0.6) is 0 Å². The van der Waals surface area contributed by atoms with Gasteiger partial charge >= 0.3 is 0 Å². The summed E-state index contributed by atoms with van der Waals surface area (Å²) < 4.78 is 0. The maximum absolute atomic E-state index is 5.78. The van der Waals surface area contributed by atoms with Crippen molar-refractivity contribution in [1.29, 1.82) is 0 Å². The van der Waals surface area contributed by atoms with Crippen LogP contribution in [-0.4, -0.2) is 5.29 Å². The lowest BCUT2D eigenvalue weighted by Crippen LogP contribution is -2.15. The van der Waals surface area contributed by atoms with Crippen LogP contribution in [0.2, 0.25) is 0 Å². The molecule has 0 aromatic rings. The molecule has 0 spiro atoms. The fourth-order valence-corrected chi connectivity index (χ4v) is 1.29. The quantitative estimate of drug-likeness (QED) is 0.630. The largest absolute Gasteiger partial charge is 0.321 e. The summed E-state index contributed by atoms with van der Waals surface area (Å²) in [7, 11) is 0. The molecule has 0 atom stereocenters. The Morgan fingerprint density at radius 3 is 2.75 bits per heavy atom. The number of amidine groups is 1. The number of halogens is 3. The summed E-state index contributed by atoms with van der Waals surface area (Å²) in [5, 5.41) is 3.71. The maximum atomic E-state index is 5.78. The van der Waals surface area contributed by atoms with Crippen molar-refractivity contribution in [3.05, 3.63) is 22.0 Å². The van der Waals surface area contributed by atoms with Crippen molar-refractivity contribution in [3.63, 3.8) is 0 Å². The Kier molecular flexibility index (Phi) is 3.44. The molecule has 1 aliphatic heterocycles. The third-order valence-corrected chi connectivity index (χ3v) is 2.19. The molecule has 0 fully saturated rings. The van der Waals surface area contributed by atoms with E-state index in [0.29, 0.717) is 16.7 Å². The van der Waals surface area contributed by atoms with E-state index in [2.05, 4.69) is 10.3 Å². The second-order valence-electron chi connectivity index (χ2n) is 2.35. The highest BCUT2D eigenvalue weighted by Crippen LogP contribution is 2.18. The molecule has 0 unspecified atom stereocenters. The minimum absolute atomic E-state index is 0.181. The summed E-state index contributed by atoms with van der Waals surface area (Å²) >= 11 is 17.1. The van der Waals surface area contributed by atoms with Gasteiger partial charge in [-0.25, -0.2) is 4.99 Å².